The lowest BCUT2D eigenvalue weighted by atomic mass is 10.1. The van der Waals surface area contributed by atoms with Gasteiger partial charge in [-0.05, 0) is 36.2 Å². The van der Waals surface area contributed by atoms with Gasteiger partial charge in [0.2, 0.25) is 0 Å². The molecule has 0 atom stereocenters. The van der Waals surface area contributed by atoms with Gasteiger partial charge < -0.3 is 14.8 Å². The van der Waals surface area contributed by atoms with E-state index in [1.165, 1.54) is 5.56 Å². The van der Waals surface area contributed by atoms with Crippen LogP contribution in [-0.2, 0) is 6.54 Å². The second-order valence-electron chi connectivity index (χ2n) is 4.59. The van der Waals surface area contributed by atoms with Crippen molar-refractivity contribution < 1.29 is 9.47 Å². The van der Waals surface area contributed by atoms with Gasteiger partial charge in [0.1, 0.15) is 0 Å². The Hall–Kier alpha value is -1.39. The molecule has 3 nitrogen and oxygen atoms in total. The standard InChI is InChI=1S/C16H17BrClNO2/c1-10-4-6-12(8-13(10)17)19-9-11-5-7-14(20-2)16(21-3)15(11)18/h4-8,19H,9H2,1-3H3. The van der Waals surface area contributed by atoms with Crippen molar-refractivity contribution in [3.05, 3.63) is 51.0 Å². The van der Waals surface area contributed by atoms with Crippen molar-refractivity contribution in [1.82, 2.24) is 0 Å². The molecule has 0 spiro atoms. The smallest absolute Gasteiger partial charge is 0.179 e. The first-order chi connectivity index (χ1) is 10.1. The van der Waals surface area contributed by atoms with Crippen molar-refractivity contribution >= 4 is 33.2 Å². The Morgan fingerprint density at radius 2 is 1.90 bits per heavy atom. The Kier molecular flexibility index (Phi) is 5.37. The van der Waals surface area contributed by atoms with E-state index in [-0.39, 0.29) is 0 Å². The van der Waals surface area contributed by atoms with Gasteiger partial charge in [0.15, 0.2) is 11.5 Å². The fraction of sp³-hybridized carbons (Fsp3) is 0.250. The summed E-state index contributed by atoms with van der Waals surface area (Å²) in [6, 6.07) is 9.92. The summed E-state index contributed by atoms with van der Waals surface area (Å²) in [6.07, 6.45) is 0. The number of hydrogen-bond donors (Lipinski definition) is 1. The van der Waals surface area contributed by atoms with Gasteiger partial charge in [-0.3, -0.25) is 0 Å². The summed E-state index contributed by atoms with van der Waals surface area (Å²) >= 11 is 9.89. The zero-order valence-electron chi connectivity index (χ0n) is 12.2. The van der Waals surface area contributed by atoms with Crippen LogP contribution in [0.1, 0.15) is 11.1 Å². The summed E-state index contributed by atoms with van der Waals surface area (Å²) in [5.41, 5.74) is 3.18. The third-order valence-corrected chi connectivity index (χ3v) is 4.49. The molecule has 0 heterocycles. The lowest BCUT2D eigenvalue weighted by Crippen LogP contribution is -2.02. The third-order valence-electron chi connectivity index (χ3n) is 3.22. The maximum Gasteiger partial charge on any atom is 0.179 e. The van der Waals surface area contributed by atoms with Crippen molar-refractivity contribution in [1.29, 1.82) is 0 Å². The molecule has 0 aliphatic heterocycles. The van der Waals surface area contributed by atoms with Gasteiger partial charge in [-0.2, -0.15) is 0 Å². The highest BCUT2D eigenvalue weighted by Gasteiger charge is 2.12. The summed E-state index contributed by atoms with van der Waals surface area (Å²) in [6.45, 7) is 2.66. The van der Waals surface area contributed by atoms with E-state index in [2.05, 4.69) is 34.2 Å². The van der Waals surface area contributed by atoms with E-state index in [0.717, 1.165) is 15.7 Å². The Morgan fingerprint density at radius 3 is 2.52 bits per heavy atom. The number of benzene rings is 2. The van der Waals surface area contributed by atoms with Crippen LogP contribution >= 0.6 is 27.5 Å². The molecule has 21 heavy (non-hydrogen) atoms. The van der Waals surface area contributed by atoms with Gasteiger partial charge in [-0.15, -0.1) is 0 Å². The molecule has 0 aliphatic rings. The first-order valence-corrected chi connectivity index (χ1v) is 7.63. The predicted molar refractivity (Wildman–Crippen MR) is 90.8 cm³/mol. The fourth-order valence-corrected chi connectivity index (χ4v) is 2.65. The van der Waals surface area contributed by atoms with E-state index in [1.54, 1.807) is 14.2 Å². The number of aryl methyl sites for hydroxylation is 1. The Bertz CT molecular complexity index is 646. The molecule has 0 unspecified atom stereocenters. The maximum absolute atomic E-state index is 6.36. The molecule has 112 valence electrons. The Morgan fingerprint density at radius 1 is 1.14 bits per heavy atom. The molecular weight excluding hydrogens is 354 g/mol. The van der Waals surface area contributed by atoms with E-state index in [0.29, 0.717) is 23.1 Å². The first kappa shape index (κ1) is 16.0. The minimum Gasteiger partial charge on any atom is -0.493 e. The zero-order valence-corrected chi connectivity index (χ0v) is 14.5. The molecule has 0 saturated carbocycles. The van der Waals surface area contributed by atoms with Crippen LogP contribution in [0, 0.1) is 6.92 Å². The molecule has 0 amide bonds. The lowest BCUT2D eigenvalue weighted by molar-refractivity contribution is 0.355. The number of halogens is 2. The first-order valence-electron chi connectivity index (χ1n) is 6.46. The minimum atomic E-state index is 0.559. The predicted octanol–water partition coefficient (Wildman–Crippen LogP) is 5.04. The highest BCUT2D eigenvalue weighted by atomic mass is 79.9. The topological polar surface area (TPSA) is 30.5 Å². The van der Waals surface area contributed by atoms with Crippen LogP contribution in [0.25, 0.3) is 0 Å². The van der Waals surface area contributed by atoms with Crippen LogP contribution < -0.4 is 14.8 Å². The molecule has 0 bridgehead atoms. The summed E-state index contributed by atoms with van der Waals surface area (Å²) in [5, 5.41) is 3.91. The molecule has 0 saturated heterocycles. The van der Waals surface area contributed by atoms with Crippen molar-refractivity contribution in [3.63, 3.8) is 0 Å². The minimum absolute atomic E-state index is 0.559. The third kappa shape index (κ3) is 3.63. The van der Waals surface area contributed by atoms with Gasteiger partial charge in [-0.25, -0.2) is 0 Å². The number of rotatable bonds is 5. The van der Waals surface area contributed by atoms with Gasteiger partial charge in [0, 0.05) is 16.7 Å². The average Bonchev–Trinajstić information content (AvgIpc) is 2.49. The molecule has 0 aliphatic carbocycles. The highest BCUT2D eigenvalue weighted by Crippen LogP contribution is 2.37. The fourth-order valence-electron chi connectivity index (χ4n) is 1.97. The molecular formula is C16H17BrClNO2. The molecule has 2 rings (SSSR count). The zero-order chi connectivity index (χ0) is 15.4. The van der Waals surface area contributed by atoms with Crippen molar-refractivity contribution in [2.24, 2.45) is 0 Å². The van der Waals surface area contributed by atoms with E-state index in [9.17, 15) is 0 Å². The number of methoxy groups -OCH3 is 2. The normalized spacial score (nSPS) is 10.3. The van der Waals surface area contributed by atoms with Gasteiger partial charge in [0.25, 0.3) is 0 Å². The molecule has 1 N–H and O–H groups in total. The van der Waals surface area contributed by atoms with Crippen molar-refractivity contribution in [3.8, 4) is 11.5 Å². The second-order valence-corrected chi connectivity index (χ2v) is 5.82. The van der Waals surface area contributed by atoms with Gasteiger partial charge in [-0.1, -0.05) is 39.7 Å². The second kappa shape index (κ2) is 7.05. The molecule has 5 heteroatoms. The largest absolute Gasteiger partial charge is 0.493 e. The Balaban J connectivity index is 2.18. The maximum atomic E-state index is 6.36. The van der Waals surface area contributed by atoms with Crippen molar-refractivity contribution in [2.45, 2.75) is 13.5 Å². The summed E-state index contributed by atoms with van der Waals surface area (Å²) < 4.78 is 11.6. The summed E-state index contributed by atoms with van der Waals surface area (Å²) in [7, 11) is 3.17. The molecule has 2 aromatic rings. The highest BCUT2D eigenvalue weighted by molar-refractivity contribution is 9.10. The van der Waals surface area contributed by atoms with Gasteiger partial charge >= 0.3 is 0 Å². The molecule has 0 fully saturated rings. The quantitative estimate of drug-likeness (QED) is 0.800. The van der Waals surface area contributed by atoms with E-state index in [4.69, 9.17) is 21.1 Å². The molecule has 0 aromatic heterocycles. The number of anilines is 1. The number of nitrogens with one attached hydrogen (secondary N) is 1. The van der Waals surface area contributed by atoms with E-state index in [1.807, 2.05) is 24.3 Å². The summed E-state index contributed by atoms with van der Waals surface area (Å²) in [4.78, 5) is 0. The van der Waals surface area contributed by atoms with Crippen LogP contribution in [0.4, 0.5) is 5.69 Å². The summed E-state index contributed by atoms with van der Waals surface area (Å²) in [5.74, 6) is 1.19. The lowest BCUT2D eigenvalue weighted by Gasteiger charge is -2.14. The SMILES string of the molecule is COc1ccc(CNc2ccc(C)c(Br)c2)c(Cl)c1OC. The van der Waals surface area contributed by atoms with E-state index >= 15 is 0 Å². The van der Waals surface area contributed by atoms with Crippen molar-refractivity contribution in [2.75, 3.05) is 19.5 Å². The number of hydrogen-bond acceptors (Lipinski definition) is 3. The van der Waals surface area contributed by atoms with Crippen LogP contribution in [0.15, 0.2) is 34.8 Å². The average molecular weight is 371 g/mol. The Labute approximate surface area is 138 Å². The van der Waals surface area contributed by atoms with Gasteiger partial charge in [0.05, 0.1) is 19.2 Å². The molecule has 0 radical (unpaired) electrons. The monoisotopic (exact) mass is 369 g/mol. The van der Waals surface area contributed by atoms with Crippen LogP contribution in [0.5, 0.6) is 11.5 Å². The van der Waals surface area contributed by atoms with Crippen LogP contribution in [0.3, 0.4) is 0 Å². The molecule has 2 aromatic carbocycles. The number of ether oxygens (including phenoxy) is 2. The van der Waals surface area contributed by atoms with Crippen LogP contribution in [-0.4, -0.2) is 14.2 Å². The van der Waals surface area contributed by atoms with E-state index < -0.39 is 0 Å². The van der Waals surface area contributed by atoms with Crippen LogP contribution in [0.2, 0.25) is 5.02 Å².